The monoisotopic (exact) mass is 417 g/mol. The fourth-order valence-electron chi connectivity index (χ4n) is 3.89. The number of amides is 1. The minimum atomic E-state index is -0.456. The molecule has 0 aliphatic carbocycles. The van der Waals surface area contributed by atoms with Crippen molar-refractivity contribution >= 4 is 30.7 Å². The zero-order chi connectivity index (χ0) is 17.9. The topological polar surface area (TPSA) is 67.6 Å². The van der Waals surface area contributed by atoms with Crippen LogP contribution in [0.3, 0.4) is 0 Å². The first-order valence-electron chi connectivity index (χ1n) is 9.35. The number of fused-ring (bicyclic) bond motifs is 1. The first kappa shape index (κ1) is 24.2. The number of hydrogen-bond donors (Lipinski definition) is 2. The molecule has 1 aromatic rings. The molecular formula is C20H33Cl2N3O2. The van der Waals surface area contributed by atoms with Crippen LogP contribution in [-0.2, 0) is 22.5 Å². The van der Waals surface area contributed by atoms with E-state index in [1.807, 2.05) is 0 Å². The fourth-order valence-corrected chi connectivity index (χ4v) is 3.89. The highest BCUT2D eigenvalue weighted by Crippen LogP contribution is 2.30. The summed E-state index contributed by atoms with van der Waals surface area (Å²) in [6.07, 6.45) is 2.50. The molecule has 1 aromatic carbocycles. The predicted molar refractivity (Wildman–Crippen MR) is 114 cm³/mol. The Morgan fingerprint density at radius 2 is 1.85 bits per heavy atom. The van der Waals surface area contributed by atoms with Gasteiger partial charge in [0.2, 0.25) is 5.91 Å². The molecule has 0 atom stereocenters. The SMILES string of the molecule is CC(C)(CNC(=O)C1(CN)CCOCC1)N1CCc2ccccc2C1.Cl.Cl. The Kier molecular flexibility index (Phi) is 9.03. The van der Waals surface area contributed by atoms with Gasteiger partial charge in [0.05, 0.1) is 5.41 Å². The number of benzene rings is 1. The summed E-state index contributed by atoms with van der Waals surface area (Å²) in [5.74, 6) is 0.0868. The van der Waals surface area contributed by atoms with Gasteiger partial charge in [-0.1, -0.05) is 24.3 Å². The second-order valence-electron chi connectivity index (χ2n) is 8.03. The molecule has 0 aromatic heterocycles. The van der Waals surface area contributed by atoms with Crippen molar-refractivity contribution in [3.05, 3.63) is 35.4 Å². The summed E-state index contributed by atoms with van der Waals surface area (Å²) >= 11 is 0. The van der Waals surface area contributed by atoms with Gasteiger partial charge in [-0.15, -0.1) is 24.8 Å². The third-order valence-electron chi connectivity index (χ3n) is 5.99. The number of carbonyl (C=O) groups excluding carboxylic acids is 1. The maximum Gasteiger partial charge on any atom is 0.227 e. The summed E-state index contributed by atoms with van der Waals surface area (Å²) in [6, 6.07) is 8.65. The van der Waals surface area contributed by atoms with Crippen LogP contribution in [0.5, 0.6) is 0 Å². The Bertz CT molecular complexity index is 619. The van der Waals surface area contributed by atoms with E-state index in [1.165, 1.54) is 11.1 Å². The van der Waals surface area contributed by atoms with E-state index in [2.05, 4.69) is 48.3 Å². The van der Waals surface area contributed by atoms with Gasteiger partial charge in [-0.05, 0) is 44.2 Å². The summed E-state index contributed by atoms with van der Waals surface area (Å²) in [5, 5.41) is 3.19. The molecule has 0 spiro atoms. The molecule has 0 bridgehead atoms. The molecule has 2 aliphatic heterocycles. The normalized spacial score (nSPS) is 19.2. The highest BCUT2D eigenvalue weighted by atomic mass is 35.5. The minimum absolute atomic E-state index is 0. The summed E-state index contributed by atoms with van der Waals surface area (Å²) in [6.45, 7) is 8.65. The van der Waals surface area contributed by atoms with Crippen molar-refractivity contribution in [2.75, 3.05) is 32.8 Å². The molecule has 3 N–H and O–H groups in total. The molecule has 3 rings (SSSR count). The molecule has 0 unspecified atom stereocenters. The van der Waals surface area contributed by atoms with E-state index >= 15 is 0 Å². The Labute approximate surface area is 175 Å². The molecule has 1 saturated heterocycles. The summed E-state index contributed by atoms with van der Waals surface area (Å²) < 4.78 is 5.41. The van der Waals surface area contributed by atoms with Crippen LogP contribution in [0, 0.1) is 5.41 Å². The van der Waals surface area contributed by atoms with Crippen molar-refractivity contribution in [3.63, 3.8) is 0 Å². The smallest absolute Gasteiger partial charge is 0.227 e. The molecule has 1 amide bonds. The quantitative estimate of drug-likeness (QED) is 0.771. The Hall–Kier alpha value is -0.850. The predicted octanol–water partition coefficient (Wildman–Crippen LogP) is 2.54. The van der Waals surface area contributed by atoms with E-state index in [-0.39, 0.29) is 36.3 Å². The molecule has 1 fully saturated rings. The summed E-state index contributed by atoms with van der Waals surface area (Å²) in [5.41, 5.74) is 8.25. The third-order valence-corrected chi connectivity index (χ3v) is 5.99. The van der Waals surface area contributed by atoms with Crippen LogP contribution in [0.1, 0.15) is 37.8 Å². The van der Waals surface area contributed by atoms with Crippen LogP contribution in [0.4, 0.5) is 0 Å². The number of carbonyl (C=O) groups is 1. The second-order valence-corrected chi connectivity index (χ2v) is 8.03. The Balaban J connectivity index is 0.00000182. The van der Waals surface area contributed by atoms with E-state index in [4.69, 9.17) is 10.5 Å². The van der Waals surface area contributed by atoms with Crippen molar-refractivity contribution in [3.8, 4) is 0 Å². The van der Waals surface area contributed by atoms with Gasteiger partial charge in [0.15, 0.2) is 0 Å². The molecule has 2 heterocycles. The third kappa shape index (κ3) is 5.36. The van der Waals surface area contributed by atoms with Crippen LogP contribution in [0.25, 0.3) is 0 Å². The number of nitrogens with two attached hydrogens (primary N) is 1. The molecule has 2 aliphatic rings. The molecular weight excluding hydrogens is 385 g/mol. The van der Waals surface area contributed by atoms with Crippen LogP contribution in [-0.4, -0.2) is 49.2 Å². The Morgan fingerprint density at radius 3 is 2.48 bits per heavy atom. The van der Waals surface area contributed by atoms with Crippen LogP contribution >= 0.6 is 24.8 Å². The molecule has 0 saturated carbocycles. The van der Waals surface area contributed by atoms with Gasteiger partial charge >= 0.3 is 0 Å². The fraction of sp³-hybridized carbons (Fsp3) is 0.650. The standard InChI is InChI=1S/C20H31N3O2.2ClH/c1-19(2,23-10-7-16-5-3-4-6-17(16)13-23)15-22-18(24)20(14-21)8-11-25-12-9-20;;/h3-6H,7-15,21H2,1-2H3,(H,22,24);2*1H. The van der Waals surface area contributed by atoms with Gasteiger partial charge in [0.1, 0.15) is 0 Å². The van der Waals surface area contributed by atoms with E-state index in [0.717, 1.165) is 19.5 Å². The molecule has 154 valence electrons. The highest BCUT2D eigenvalue weighted by Gasteiger charge is 2.40. The number of nitrogens with zero attached hydrogens (tertiary/aromatic N) is 1. The lowest BCUT2D eigenvalue weighted by atomic mass is 9.79. The number of rotatable bonds is 5. The van der Waals surface area contributed by atoms with Gasteiger partial charge < -0.3 is 15.8 Å². The average Bonchev–Trinajstić information content (AvgIpc) is 2.66. The zero-order valence-corrected chi connectivity index (χ0v) is 18.0. The second kappa shape index (κ2) is 10.1. The molecule has 7 heteroatoms. The first-order chi connectivity index (χ1) is 12.0. The number of nitrogens with one attached hydrogen (secondary N) is 1. The zero-order valence-electron chi connectivity index (χ0n) is 16.3. The first-order valence-corrected chi connectivity index (χ1v) is 9.35. The van der Waals surface area contributed by atoms with E-state index < -0.39 is 5.41 Å². The maximum absolute atomic E-state index is 12.8. The van der Waals surface area contributed by atoms with Gasteiger partial charge in [-0.2, -0.15) is 0 Å². The minimum Gasteiger partial charge on any atom is -0.381 e. The Morgan fingerprint density at radius 1 is 1.22 bits per heavy atom. The van der Waals surface area contributed by atoms with Gasteiger partial charge in [-0.25, -0.2) is 0 Å². The number of hydrogen-bond acceptors (Lipinski definition) is 4. The van der Waals surface area contributed by atoms with Crippen LogP contribution in [0.2, 0.25) is 0 Å². The molecule has 27 heavy (non-hydrogen) atoms. The van der Waals surface area contributed by atoms with Crippen molar-refractivity contribution in [1.29, 1.82) is 0 Å². The van der Waals surface area contributed by atoms with E-state index in [0.29, 0.717) is 39.1 Å². The van der Waals surface area contributed by atoms with Crippen LogP contribution < -0.4 is 11.1 Å². The van der Waals surface area contributed by atoms with Crippen molar-refractivity contribution in [2.45, 2.75) is 45.2 Å². The van der Waals surface area contributed by atoms with E-state index in [1.54, 1.807) is 0 Å². The lowest BCUT2D eigenvalue weighted by Gasteiger charge is -2.42. The van der Waals surface area contributed by atoms with E-state index in [9.17, 15) is 4.79 Å². The summed E-state index contributed by atoms with van der Waals surface area (Å²) in [4.78, 5) is 15.3. The molecule has 5 nitrogen and oxygen atoms in total. The number of ether oxygens (including phenoxy) is 1. The maximum atomic E-state index is 12.8. The molecule has 0 radical (unpaired) electrons. The van der Waals surface area contributed by atoms with Gasteiger partial charge in [0.25, 0.3) is 0 Å². The summed E-state index contributed by atoms with van der Waals surface area (Å²) in [7, 11) is 0. The lowest BCUT2D eigenvalue weighted by Crippen LogP contribution is -2.56. The van der Waals surface area contributed by atoms with Crippen molar-refractivity contribution in [2.24, 2.45) is 11.1 Å². The average molecular weight is 418 g/mol. The highest BCUT2D eigenvalue weighted by molar-refractivity contribution is 5.85. The van der Waals surface area contributed by atoms with Gasteiger partial charge in [0, 0.05) is 44.9 Å². The van der Waals surface area contributed by atoms with Crippen molar-refractivity contribution in [1.82, 2.24) is 10.2 Å². The lowest BCUT2D eigenvalue weighted by molar-refractivity contribution is -0.136. The van der Waals surface area contributed by atoms with Crippen molar-refractivity contribution < 1.29 is 9.53 Å². The largest absolute Gasteiger partial charge is 0.381 e. The van der Waals surface area contributed by atoms with Gasteiger partial charge in [-0.3, -0.25) is 9.69 Å². The number of halogens is 2. The van der Waals surface area contributed by atoms with Crippen LogP contribution in [0.15, 0.2) is 24.3 Å².